The summed E-state index contributed by atoms with van der Waals surface area (Å²) in [6.07, 6.45) is 5.92. The molecule has 3 saturated carbocycles. The van der Waals surface area contributed by atoms with Crippen LogP contribution in [0.25, 0.3) is 0 Å². The van der Waals surface area contributed by atoms with Crippen molar-refractivity contribution in [2.45, 2.75) is 62.5 Å². The molecule has 2 aromatic carbocycles. The zero-order valence-electron chi connectivity index (χ0n) is 17.3. The summed E-state index contributed by atoms with van der Waals surface area (Å²) in [4.78, 5) is 14.8. The Morgan fingerprint density at radius 1 is 0.862 bits per heavy atom. The van der Waals surface area contributed by atoms with Crippen LogP contribution in [0, 0.1) is 5.92 Å². The number of ether oxygens (including phenoxy) is 1. The van der Waals surface area contributed by atoms with E-state index in [0.29, 0.717) is 17.8 Å². The maximum Gasteiger partial charge on any atom is 0.302 e. The lowest BCUT2D eigenvalue weighted by Gasteiger charge is -2.61. The molecule has 0 radical (unpaired) electrons. The van der Waals surface area contributed by atoms with Crippen molar-refractivity contribution in [3.8, 4) is 0 Å². The molecule has 152 valence electrons. The summed E-state index contributed by atoms with van der Waals surface area (Å²) in [5.74, 6) is 1.05. The standard InChI is InChI=1S/C26H31NO2/c1-19(28)29-24-18-26(27-14-8-9-15-27)16-22(20-10-4-2-5-11-20)25(24)23(17-26)21-12-6-3-7-13-21/h2-7,10-13,22-25H,8-9,14-18H2,1H3/t22-,23-,24?,25?,26?/m0/s1. The van der Waals surface area contributed by atoms with Crippen molar-refractivity contribution < 1.29 is 9.53 Å². The van der Waals surface area contributed by atoms with Crippen LogP contribution >= 0.6 is 0 Å². The Hall–Kier alpha value is -2.13. The molecule has 0 spiro atoms. The lowest BCUT2D eigenvalue weighted by molar-refractivity contribution is -0.165. The number of benzene rings is 2. The highest BCUT2D eigenvalue weighted by Gasteiger charge is 2.59. The van der Waals surface area contributed by atoms with Crippen LogP contribution in [0.1, 0.15) is 62.0 Å². The van der Waals surface area contributed by atoms with E-state index in [1.807, 2.05) is 0 Å². The van der Waals surface area contributed by atoms with Crippen LogP contribution in [-0.4, -0.2) is 35.6 Å². The maximum atomic E-state index is 12.1. The van der Waals surface area contributed by atoms with E-state index in [4.69, 9.17) is 4.74 Å². The quantitative estimate of drug-likeness (QED) is 0.679. The lowest BCUT2D eigenvalue weighted by atomic mass is 9.51. The summed E-state index contributed by atoms with van der Waals surface area (Å²) < 4.78 is 6.05. The van der Waals surface area contributed by atoms with Crippen molar-refractivity contribution in [3.05, 3.63) is 71.8 Å². The predicted molar refractivity (Wildman–Crippen MR) is 115 cm³/mol. The number of hydrogen-bond acceptors (Lipinski definition) is 3. The topological polar surface area (TPSA) is 29.5 Å². The summed E-state index contributed by atoms with van der Waals surface area (Å²) in [6, 6.07) is 21.9. The van der Waals surface area contributed by atoms with Crippen molar-refractivity contribution in [3.63, 3.8) is 0 Å². The maximum absolute atomic E-state index is 12.1. The smallest absolute Gasteiger partial charge is 0.302 e. The fraction of sp³-hybridized carbons (Fsp3) is 0.500. The van der Waals surface area contributed by atoms with Crippen LogP contribution < -0.4 is 0 Å². The summed E-state index contributed by atoms with van der Waals surface area (Å²) in [7, 11) is 0. The molecule has 4 fully saturated rings. The number of nitrogens with zero attached hydrogens (tertiary/aromatic N) is 1. The van der Waals surface area contributed by atoms with Crippen molar-refractivity contribution in [1.29, 1.82) is 0 Å². The van der Waals surface area contributed by atoms with Gasteiger partial charge in [-0.2, -0.15) is 0 Å². The highest BCUT2D eigenvalue weighted by Crippen LogP contribution is 2.60. The second-order valence-electron chi connectivity index (χ2n) is 9.29. The van der Waals surface area contributed by atoms with Crippen molar-refractivity contribution >= 4 is 5.97 Å². The molecule has 1 saturated heterocycles. The van der Waals surface area contributed by atoms with Crippen molar-refractivity contribution in [1.82, 2.24) is 4.90 Å². The van der Waals surface area contributed by atoms with E-state index in [1.165, 1.54) is 49.9 Å². The van der Waals surface area contributed by atoms with Crippen LogP contribution in [0.15, 0.2) is 60.7 Å². The van der Waals surface area contributed by atoms with Crippen LogP contribution in [-0.2, 0) is 9.53 Å². The Morgan fingerprint density at radius 2 is 1.38 bits per heavy atom. The molecule has 2 bridgehead atoms. The van der Waals surface area contributed by atoms with Crippen LogP contribution in [0.5, 0.6) is 0 Å². The minimum absolute atomic E-state index is 0.00832. The molecule has 2 aromatic rings. The molecule has 3 nitrogen and oxygen atoms in total. The average Bonchev–Trinajstić information content (AvgIpc) is 3.30. The third kappa shape index (κ3) is 3.40. The zero-order valence-corrected chi connectivity index (χ0v) is 17.3. The Morgan fingerprint density at radius 3 is 1.86 bits per heavy atom. The summed E-state index contributed by atoms with van der Waals surface area (Å²) >= 11 is 0. The number of rotatable bonds is 4. The van der Waals surface area contributed by atoms with Crippen LogP contribution in [0.2, 0.25) is 0 Å². The van der Waals surface area contributed by atoms with Gasteiger partial charge in [-0.15, -0.1) is 0 Å². The first-order valence-electron chi connectivity index (χ1n) is 11.2. The van der Waals surface area contributed by atoms with E-state index in [-0.39, 0.29) is 17.6 Å². The SMILES string of the molecule is CC(=O)OC1CC2(N3CCCC3)C[C@@H](c3ccccc3)C1[C@H](c1ccccc1)C2. The molecule has 0 aromatic heterocycles. The third-order valence-corrected chi connectivity index (χ3v) is 7.69. The molecule has 3 heteroatoms. The van der Waals surface area contributed by atoms with Crippen LogP contribution in [0.4, 0.5) is 0 Å². The largest absolute Gasteiger partial charge is 0.462 e. The molecule has 0 amide bonds. The van der Waals surface area contributed by atoms with Crippen molar-refractivity contribution in [2.75, 3.05) is 13.1 Å². The number of likely N-dealkylation sites (tertiary alicyclic amines) is 1. The molecular formula is C26H31NO2. The summed E-state index contributed by atoms with van der Waals surface area (Å²) in [5, 5.41) is 0. The molecule has 1 heterocycles. The molecular weight excluding hydrogens is 358 g/mol. The minimum Gasteiger partial charge on any atom is -0.462 e. The Bertz CT molecular complexity index is 794. The summed E-state index contributed by atoms with van der Waals surface area (Å²) in [5.41, 5.74) is 2.93. The fourth-order valence-electron chi connectivity index (χ4n) is 6.64. The summed E-state index contributed by atoms with van der Waals surface area (Å²) in [6.45, 7) is 3.93. The fourth-order valence-corrected chi connectivity index (χ4v) is 6.64. The molecule has 29 heavy (non-hydrogen) atoms. The van der Waals surface area contributed by atoms with E-state index >= 15 is 0 Å². The van der Waals surface area contributed by atoms with Gasteiger partial charge in [-0.3, -0.25) is 9.69 Å². The second-order valence-corrected chi connectivity index (χ2v) is 9.29. The highest BCUT2D eigenvalue weighted by molar-refractivity contribution is 5.66. The number of carbonyl (C=O) groups is 1. The van der Waals surface area contributed by atoms with Gasteiger partial charge in [0, 0.05) is 24.8 Å². The number of esters is 1. The van der Waals surface area contributed by atoms with Crippen molar-refractivity contribution in [2.24, 2.45) is 5.92 Å². The Balaban J connectivity index is 1.62. The molecule has 1 aliphatic heterocycles. The lowest BCUT2D eigenvalue weighted by Crippen LogP contribution is -2.62. The van der Waals surface area contributed by atoms with E-state index in [2.05, 4.69) is 65.6 Å². The van der Waals surface area contributed by atoms with E-state index in [9.17, 15) is 4.79 Å². The van der Waals surface area contributed by atoms with Gasteiger partial charge < -0.3 is 4.74 Å². The highest BCUT2D eigenvalue weighted by atomic mass is 16.5. The molecule has 3 atom stereocenters. The first-order chi connectivity index (χ1) is 14.2. The molecule has 0 N–H and O–H groups in total. The number of hydrogen-bond donors (Lipinski definition) is 0. The van der Waals surface area contributed by atoms with Gasteiger partial charge in [-0.05, 0) is 61.7 Å². The minimum atomic E-state index is -0.141. The first-order valence-corrected chi connectivity index (χ1v) is 11.2. The predicted octanol–water partition coefficient (Wildman–Crippen LogP) is 5.13. The van der Waals surface area contributed by atoms with Gasteiger partial charge in [0.2, 0.25) is 0 Å². The Kier molecular flexibility index (Phi) is 4.95. The monoisotopic (exact) mass is 389 g/mol. The van der Waals surface area contributed by atoms with E-state index < -0.39 is 0 Å². The first kappa shape index (κ1) is 18.9. The molecule has 4 aliphatic rings. The second kappa shape index (κ2) is 7.60. The van der Waals surface area contributed by atoms with E-state index in [0.717, 1.165) is 6.42 Å². The van der Waals surface area contributed by atoms with Gasteiger partial charge >= 0.3 is 5.97 Å². The molecule has 6 rings (SSSR count). The Labute approximate surface area is 174 Å². The third-order valence-electron chi connectivity index (χ3n) is 7.69. The van der Waals surface area contributed by atoms with Gasteiger partial charge in [0.15, 0.2) is 0 Å². The van der Waals surface area contributed by atoms with Crippen LogP contribution in [0.3, 0.4) is 0 Å². The van der Waals surface area contributed by atoms with E-state index in [1.54, 1.807) is 6.92 Å². The molecule has 1 unspecified atom stereocenters. The van der Waals surface area contributed by atoms with Gasteiger partial charge in [-0.25, -0.2) is 0 Å². The normalized spacial score (nSPS) is 34.2. The average molecular weight is 390 g/mol. The number of carbonyl (C=O) groups excluding carboxylic acids is 1. The van der Waals surface area contributed by atoms with Gasteiger partial charge in [0.25, 0.3) is 0 Å². The zero-order chi connectivity index (χ0) is 19.8. The molecule has 3 aliphatic carbocycles. The van der Waals surface area contributed by atoms with Gasteiger partial charge in [-0.1, -0.05) is 60.7 Å². The van der Waals surface area contributed by atoms with Gasteiger partial charge in [0.05, 0.1) is 0 Å². The number of fused-ring (bicyclic) bond motifs is 3. The van der Waals surface area contributed by atoms with Gasteiger partial charge in [0.1, 0.15) is 6.10 Å².